The summed E-state index contributed by atoms with van der Waals surface area (Å²) in [7, 11) is 0. The van der Waals surface area contributed by atoms with Crippen LogP contribution in [0.2, 0.25) is 0 Å². The largest absolute Gasteiger partial charge is 0.396 e. The zero-order valence-electron chi connectivity index (χ0n) is 9.45. The number of nitrogens with two attached hydrogens (primary N) is 1. The number of hydrogen-bond donors (Lipinski definition) is 1. The first kappa shape index (κ1) is 11.6. The molecule has 0 saturated heterocycles. The van der Waals surface area contributed by atoms with Crippen LogP contribution in [0.4, 0.5) is 14.5 Å². The number of anilines is 1. The van der Waals surface area contributed by atoms with Crippen LogP contribution in [0, 0.1) is 11.6 Å². The number of nitrogen functional groups attached to an aromatic ring is 1. The molecule has 1 aromatic carbocycles. The lowest BCUT2D eigenvalue weighted by molar-refractivity contribution is 0.509. The molecule has 2 aromatic rings. The Morgan fingerprint density at radius 3 is 2.71 bits per heavy atom. The van der Waals surface area contributed by atoms with Crippen LogP contribution in [0.5, 0.6) is 0 Å². The lowest BCUT2D eigenvalue weighted by atomic mass is 10.1. The minimum atomic E-state index is -0.896. The molecular formula is C12H13F2N3. The summed E-state index contributed by atoms with van der Waals surface area (Å²) >= 11 is 0. The zero-order valence-corrected chi connectivity index (χ0v) is 9.45. The third-order valence-corrected chi connectivity index (χ3v) is 2.44. The van der Waals surface area contributed by atoms with Gasteiger partial charge in [-0.15, -0.1) is 0 Å². The smallest absolute Gasteiger partial charge is 0.159 e. The van der Waals surface area contributed by atoms with Gasteiger partial charge >= 0.3 is 0 Å². The van der Waals surface area contributed by atoms with E-state index in [1.165, 1.54) is 6.07 Å². The Hall–Kier alpha value is -1.91. The minimum absolute atomic E-state index is 0.462. The Labute approximate surface area is 97.9 Å². The summed E-state index contributed by atoms with van der Waals surface area (Å²) in [6.07, 6.45) is 2.62. The van der Waals surface area contributed by atoms with E-state index in [2.05, 4.69) is 5.10 Å². The van der Waals surface area contributed by atoms with Crippen LogP contribution in [0.1, 0.15) is 13.3 Å². The number of rotatable bonds is 3. The first-order valence-electron chi connectivity index (χ1n) is 5.40. The van der Waals surface area contributed by atoms with Crippen LogP contribution >= 0.6 is 0 Å². The molecule has 0 aliphatic heterocycles. The summed E-state index contributed by atoms with van der Waals surface area (Å²) < 4.78 is 27.6. The average molecular weight is 237 g/mol. The molecule has 90 valence electrons. The van der Waals surface area contributed by atoms with Crippen LogP contribution in [-0.4, -0.2) is 9.78 Å². The predicted molar refractivity (Wildman–Crippen MR) is 62.3 cm³/mol. The van der Waals surface area contributed by atoms with Gasteiger partial charge < -0.3 is 5.73 Å². The van der Waals surface area contributed by atoms with Crippen LogP contribution < -0.4 is 5.73 Å². The molecule has 2 rings (SSSR count). The Morgan fingerprint density at radius 2 is 2.06 bits per heavy atom. The second-order valence-electron chi connectivity index (χ2n) is 3.83. The van der Waals surface area contributed by atoms with Gasteiger partial charge in [0.25, 0.3) is 0 Å². The molecule has 0 saturated carbocycles. The SMILES string of the molecule is CCCn1cc(N)c(-c2ccc(F)c(F)c2)n1. The van der Waals surface area contributed by atoms with Gasteiger partial charge in [-0.3, -0.25) is 4.68 Å². The standard InChI is InChI=1S/C12H13F2N3/c1-2-5-17-7-11(15)12(16-17)8-3-4-9(13)10(14)6-8/h3-4,6-7H,2,5,15H2,1H3. The highest BCUT2D eigenvalue weighted by molar-refractivity contribution is 5.71. The second-order valence-corrected chi connectivity index (χ2v) is 3.83. The zero-order chi connectivity index (χ0) is 12.4. The number of halogens is 2. The molecule has 0 unspecified atom stereocenters. The van der Waals surface area contributed by atoms with Gasteiger partial charge in [-0.25, -0.2) is 8.78 Å². The normalized spacial score (nSPS) is 10.8. The van der Waals surface area contributed by atoms with Crippen molar-refractivity contribution < 1.29 is 8.78 Å². The van der Waals surface area contributed by atoms with Gasteiger partial charge in [0.2, 0.25) is 0 Å². The summed E-state index contributed by atoms with van der Waals surface area (Å²) in [6, 6.07) is 3.64. The van der Waals surface area contributed by atoms with Gasteiger partial charge in [-0.05, 0) is 24.6 Å². The molecule has 0 aliphatic rings. The maximum atomic E-state index is 13.1. The lowest BCUT2D eigenvalue weighted by Crippen LogP contribution is -1.97. The number of aromatic nitrogens is 2. The van der Waals surface area contributed by atoms with Crippen molar-refractivity contribution in [2.24, 2.45) is 0 Å². The molecule has 17 heavy (non-hydrogen) atoms. The quantitative estimate of drug-likeness (QED) is 0.892. The molecule has 1 aromatic heterocycles. The highest BCUT2D eigenvalue weighted by atomic mass is 19.2. The molecule has 2 N–H and O–H groups in total. The van der Waals surface area contributed by atoms with E-state index >= 15 is 0 Å². The Bertz CT molecular complexity index is 535. The highest BCUT2D eigenvalue weighted by Gasteiger charge is 2.11. The van der Waals surface area contributed by atoms with Gasteiger partial charge in [0.15, 0.2) is 11.6 Å². The van der Waals surface area contributed by atoms with Gasteiger partial charge in [0.1, 0.15) is 5.69 Å². The molecule has 0 fully saturated rings. The van der Waals surface area contributed by atoms with Crippen LogP contribution in [0.3, 0.4) is 0 Å². The Kier molecular flexibility index (Phi) is 3.08. The van der Waals surface area contributed by atoms with E-state index in [1.807, 2.05) is 6.92 Å². The van der Waals surface area contributed by atoms with Crippen molar-refractivity contribution in [3.63, 3.8) is 0 Å². The molecule has 5 heteroatoms. The number of aryl methyl sites for hydroxylation is 1. The van der Waals surface area contributed by atoms with Crippen molar-refractivity contribution in [3.05, 3.63) is 36.0 Å². The molecule has 1 heterocycles. The van der Waals surface area contributed by atoms with E-state index < -0.39 is 11.6 Å². The monoisotopic (exact) mass is 237 g/mol. The van der Waals surface area contributed by atoms with E-state index in [-0.39, 0.29) is 0 Å². The third-order valence-electron chi connectivity index (χ3n) is 2.44. The first-order valence-corrected chi connectivity index (χ1v) is 5.40. The molecule has 0 bridgehead atoms. The first-order chi connectivity index (χ1) is 8.11. The Balaban J connectivity index is 2.41. The summed E-state index contributed by atoms with van der Waals surface area (Å²) in [5.41, 5.74) is 7.22. The van der Waals surface area contributed by atoms with Crippen molar-refractivity contribution >= 4 is 5.69 Å². The second kappa shape index (κ2) is 4.53. The summed E-state index contributed by atoms with van der Waals surface area (Å²) in [5.74, 6) is -1.77. The predicted octanol–water partition coefficient (Wildman–Crippen LogP) is 2.82. The van der Waals surface area contributed by atoms with E-state index in [0.29, 0.717) is 16.9 Å². The fourth-order valence-electron chi connectivity index (χ4n) is 1.65. The third kappa shape index (κ3) is 2.27. The molecule has 0 aliphatic carbocycles. The number of hydrogen-bond acceptors (Lipinski definition) is 2. The van der Waals surface area contributed by atoms with E-state index in [0.717, 1.165) is 25.1 Å². The van der Waals surface area contributed by atoms with E-state index in [1.54, 1.807) is 10.9 Å². The van der Waals surface area contributed by atoms with Crippen LogP contribution in [0.25, 0.3) is 11.3 Å². The number of benzene rings is 1. The van der Waals surface area contributed by atoms with Gasteiger partial charge in [0, 0.05) is 18.3 Å². The highest BCUT2D eigenvalue weighted by Crippen LogP contribution is 2.25. The topological polar surface area (TPSA) is 43.8 Å². The lowest BCUT2D eigenvalue weighted by Gasteiger charge is -2.00. The van der Waals surface area contributed by atoms with Crippen molar-refractivity contribution in [3.8, 4) is 11.3 Å². The van der Waals surface area contributed by atoms with Crippen molar-refractivity contribution in [1.29, 1.82) is 0 Å². The molecule has 0 atom stereocenters. The Morgan fingerprint density at radius 1 is 1.29 bits per heavy atom. The molecule has 3 nitrogen and oxygen atoms in total. The maximum Gasteiger partial charge on any atom is 0.159 e. The molecule has 0 spiro atoms. The summed E-state index contributed by atoms with van der Waals surface area (Å²) in [4.78, 5) is 0. The molecule has 0 radical (unpaired) electrons. The van der Waals surface area contributed by atoms with Crippen molar-refractivity contribution in [2.75, 3.05) is 5.73 Å². The minimum Gasteiger partial charge on any atom is -0.396 e. The summed E-state index contributed by atoms with van der Waals surface area (Å²) in [5, 5.41) is 4.24. The fourth-order valence-corrected chi connectivity index (χ4v) is 1.65. The average Bonchev–Trinajstić information content (AvgIpc) is 2.64. The van der Waals surface area contributed by atoms with Crippen LogP contribution in [0.15, 0.2) is 24.4 Å². The maximum absolute atomic E-state index is 13.1. The molecular weight excluding hydrogens is 224 g/mol. The number of nitrogens with zero attached hydrogens (tertiary/aromatic N) is 2. The van der Waals surface area contributed by atoms with E-state index in [4.69, 9.17) is 5.73 Å². The fraction of sp³-hybridized carbons (Fsp3) is 0.250. The van der Waals surface area contributed by atoms with Crippen LogP contribution in [-0.2, 0) is 6.54 Å². The van der Waals surface area contributed by atoms with Gasteiger partial charge in [0.05, 0.1) is 5.69 Å². The summed E-state index contributed by atoms with van der Waals surface area (Å²) in [6.45, 7) is 2.77. The molecule has 0 amide bonds. The van der Waals surface area contributed by atoms with Crippen molar-refractivity contribution in [2.45, 2.75) is 19.9 Å². The van der Waals surface area contributed by atoms with Gasteiger partial charge in [-0.1, -0.05) is 6.92 Å². The van der Waals surface area contributed by atoms with Crippen molar-refractivity contribution in [1.82, 2.24) is 9.78 Å². The van der Waals surface area contributed by atoms with Gasteiger partial charge in [-0.2, -0.15) is 5.10 Å². The van der Waals surface area contributed by atoms with E-state index in [9.17, 15) is 8.78 Å².